The van der Waals surface area contributed by atoms with Gasteiger partial charge in [0.05, 0.1) is 13.2 Å². The van der Waals surface area contributed by atoms with Crippen LogP contribution in [0, 0.1) is 11.2 Å². The molecule has 132 valence electrons. The van der Waals surface area contributed by atoms with Gasteiger partial charge >= 0.3 is 0 Å². The summed E-state index contributed by atoms with van der Waals surface area (Å²) < 4.78 is 18.4. The summed E-state index contributed by atoms with van der Waals surface area (Å²) in [5.74, 6) is -1.28. The number of morpholine rings is 1. The van der Waals surface area contributed by atoms with Crippen LogP contribution in [-0.2, 0) is 14.3 Å². The minimum atomic E-state index is -1.25. The molecule has 2 amide bonds. The van der Waals surface area contributed by atoms with Crippen LogP contribution < -0.4 is 10.6 Å². The van der Waals surface area contributed by atoms with E-state index in [2.05, 4.69) is 15.5 Å². The second kappa shape index (κ2) is 8.21. The number of carbonyl (C=O) groups is 2. The van der Waals surface area contributed by atoms with E-state index in [0.717, 1.165) is 19.6 Å². The highest BCUT2D eigenvalue weighted by molar-refractivity contribution is 6.09. The summed E-state index contributed by atoms with van der Waals surface area (Å²) in [6, 6.07) is 5.58. The number of benzene rings is 1. The molecule has 1 fully saturated rings. The number of ether oxygens (including phenoxy) is 1. The highest BCUT2D eigenvalue weighted by Gasteiger charge is 2.36. The number of anilines is 1. The summed E-state index contributed by atoms with van der Waals surface area (Å²) in [5.41, 5.74) is -0.925. The van der Waals surface area contributed by atoms with Crippen molar-refractivity contribution in [1.82, 2.24) is 10.2 Å². The van der Waals surface area contributed by atoms with Crippen molar-refractivity contribution >= 4 is 17.5 Å². The van der Waals surface area contributed by atoms with Gasteiger partial charge in [0.15, 0.2) is 0 Å². The van der Waals surface area contributed by atoms with E-state index in [0.29, 0.717) is 25.4 Å². The lowest BCUT2D eigenvalue weighted by atomic mass is 9.91. The molecule has 0 aliphatic carbocycles. The summed E-state index contributed by atoms with van der Waals surface area (Å²) in [4.78, 5) is 26.8. The number of amides is 2. The summed E-state index contributed by atoms with van der Waals surface area (Å²) in [5, 5.41) is 5.37. The van der Waals surface area contributed by atoms with Gasteiger partial charge in [0.25, 0.3) is 0 Å². The Morgan fingerprint density at radius 2 is 1.96 bits per heavy atom. The van der Waals surface area contributed by atoms with Crippen molar-refractivity contribution in [2.45, 2.75) is 13.8 Å². The molecule has 0 spiro atoms. The molecule has 0 atom stereocenters. The Morgan fingerprint density at radius 3 is 2.62 bits per heavy atom. The normalized spacial score (nSPS) is 15.8. The first-order valence-corrected chi connectivity index (χ1v) is 8.05. The standard InChI is InChI=1S/C17H24FN3O3/c1-17(2,16(23)20-14-5-3-4-13(18)12-14)15(22)19-6-7-21-8-10-24-11-9-21/h3-5,12H,6-11H2,1-2H3,(H,19,22)(H,20,23). The molecule has 1 saturated heterocycles. The van der Waals surface area contributed by atoms with E-state index in [9.17, 15) is 14.0 Å². The third kappa shape index (κ3) is 5.01. The van der Waals surface area contributed by atoms with Crippen molar-refractivity contribution in [3.05, 3.63) is 30.1 Å². The molecule has 1 aliphatic rings. The van der Waals surface area contributed by atoms with Crippen molar-refractivity contribution in [1.29, 1.82) is 0 Å². The van der Waals surface area contributed by atoms with Crippen LogP contribution in [0.1, 0.15) is 13.8 Å². The van der Waals surface area contributed by atoms with Gasteiger partial charge in [-0.1, -0.05) is 6.07 Å². The van der Waals surface area contributed by atoms with Gasteiger partial charge in [-0.15, -0.1) is 0 Å². The summed E-state index contributed by atoms with van der Waals surface area (Å²) >= 11 is 0. The Hall–Kier alpha value is -1.99. The average molecular weight is 337 g/mol. The SMILES string of the molecule is CC(C)(C(=O)NCCN1CCOCC1)C(=O)Nc1cccc(F)c1. The van der Waals surface area contributed by atoms with Crippen LogP contribution in [0.25, 0.3) is 0 Å². The third-order valence-electron chi connectivity index (χ3n) is 4.04. The topological polar surface area (TPSA) is 70.7 Å². The molecule has 2 rings (SSSR count). The smallest absolute Gasteiger partial charge is 0.239 e. The average Bonchev–Trinajstić information content (AvgIpc) is 2.55. The Morgan fingerprint density at radius 1 is 1.25 bits per heavy atom. The lowest BCUT2D eigenvalue weighted by Crippen LogP contribution is -2.48. The Labute approximate surface area is 141 Å². The number of nitrogens with zero attached hydrogens (tertiary/aromatic N) is 1. The van der Waals surface area contributed by atoms with Gasteiger partial charge in [0.1, 0.15) is 11.2 Å². The van der Waals surface area contributed by atoms with Crippen LogP contribution >= 0.6 is 0 Å². The summed E-state index contributed by atoms with van der Waals surface area (Å²) in [6.07, 6.45) is 0. The Bertz CT molecular complexity index is 586. The second-order valence-electron chi connectivity index (χ2n) is 6.30. The van der Waals surface area contributed by atoms with Gasteiger partial charge in [-0.25, -0.2) is 4.39 Å². The molecule has 0 aromatic heterocycles. The predicted octanol–water partition coefficient (Wildman–Crippen LogP) is 1.24. The quantitative estimate of drug-likeness (QED) is 0.766. The van der Waals surface area contributed by atoms with Crippen LogP contribution in [-0.4, -0.2) is 56.1 Å². The van der Waals surface area contributed by atoms with Crippen molar-refractivity contribution in [2.24, 2.45) is 5.41 Å². The van der Waals surface area contributed by atoms with Crippen LogP contribution in [0.15, 0.2) is 24.3 Å². The maximum Gasteiger partial charge on any atom is 0.239 e. The van der Waals surface area contributed by atoms with Crippen molar-refractivity contribution in [2.75, 3.05) is 44.7 Å². The molecule has 6 nitrogen and oxygen atoms in total. The van der Waals surface area contributed by atoms with Crippen LogP contribution in [0.2, 0.25) is 0 Å². The first kappa shape index (κ1) is 18.4. The van der Waals surface area contributed by atoms with Gasteiger partial charge in [-0.3, -0.25) is 14.5 Å². The molecule has 7 heteroatoms. The molecular formula is C17H24FN3O3. The number of rotatable bonds is 6. The molecule has 0 bridgehead atoms. The second-order valence-corrected chi connectivity index (χ2v) is 6.30. The fourth-order valence-electron chi connectivity index (χ4n) is 2.33. The zero-order valence-corrected chi connectivity index (χ0v) is 14.1. The van der Waals surface area contributed by atoms with Crippen molar-refractivity contribution in [3.8, 4) is 0 Å². The molecule has 0 unspecified atom stereocenters. The minimum absolute atomic E-state index is 0.328. The number of hydrogen-bond donors (Lipinski definition) is 2. The fourth-order valence-corrected chi connectivity index (χ4v) is 2.33. The lowest BCUT2D eigenvalue weighted by molar-refractivity contribution is -0.138. The minimum Gasteiger partial charge on any atom is -0.379 e. The van der Waals surface area contributed by atoms with Crippen LogP contribution in [0.3, 0.4) is 0 Å². The summed E-state index contributed by atoms with van der Waals surface area (Å²) in [6.45, 7) is 7.38. The lowest BCUT2D eigenvalue weighted by Gasteiger charge is -2.27. The maximum absolute atomic E-state index is 13.2. The maximum atomic E-state index is 13.2. The Balaban J connectivity index is 1.83. The Kier molecular flexibility index (Phi) is 6.28. The number of nitrogens with one attached hydrogen (secondary N) is 2. The predicted molar refractivity (Wildman–Crippen MR) is 89.1 cm³/mol. The first-order chi connectivity index (χ1) is 11.4. The van der Waals surface area contributed by atoms with E-state index in [4.69, 9.17) is 4.74 Å². The molecule has 1 aliphatic heterocycles. The number of hydrogen-bond acceptors (Lipinski definition) is 4. The van der Waals surface area contributed by atoms with Gasteiger partial charge in [0, 0.05) is 31.9 Å². The third-order valence-corrected chi connectivity index (χ3v) is 4.04. The highest BCUT2D eigenvalue weighted by Crippen LogP contribution is 2.19. The van der Waals surface area contributed by atoms with E-state index in [1.54, 1.807) is 19.9 Å². The van der Waals surface area contributed by atoms with E-state index >= 15 is 0 Å². The fraction of sp³-hybridized carbons (Fsp3) is 0.529. The van der Waals surface area contributed by atoms with E-state index in [1.807, 2.05) is 0 Å². The molecule has 1 aromatic rings. The number of carbonyl (C=O) groups excluding carboxylic acids is 2. The van der Waals surface area contributed by atoms with Crippen molar-refractivity contribution < 1.29 is 18.7 Å². The molecular weight excluding hydrogens is 313 g/mol. The van der Waals surface area contributed by atoms with Gasteiger partial charge < -0.3 is 15.4 Å². The van der Waals surface area contributed by atoms with Gasteiger partial charge in [-0.2, -0.15) is 0 Å². The summed E-state index contributed by atoms with van der Waals surface area (Å²) in [7, 11) is 0. The van der Waals surface area contributed by atoms with Crippen LogP contribution in [0.5, 0.6) is 0 Å². The largest absolute Gasteiger partial charge is 0.379 e. The molecule has 2 N–H and O–H groups in total. The molecule has 0 radical (unpaired) electrons. The zero-order chi connectivity index (χ0) is 17.6. The molecule has 1 heterocycles. The first-order valence-electron chi connectivity index (χ1n) is 8.05. The van der Waals surface area contributed by atoms with Gasteiger partial charge in [-0.05, 0) is 32.0 Å². The zero-order valence-electron chi connectivity index (χ0n) is 14.1. The monoisotopic (exact) mass is 337 g/mol. The number of halogens is 1. The van der Waals surface area contributed by atoms with Gasteiger partial charge in [0.2, 0.25) is 11.8 Å². The molecule has 1 aromatic carbocycles. The van der Waals surface area contributed by atoms with E-state index in [1.165, 1.54) is 18.2 Å². The van der Waals surface area contributed by atoms with E-state index < -0.39 is 17.1 Å². The van der Waals surface area contributed by atoms with Crippen LogP contribution in [0.4, 0.5) is 10.1 Å². The van der Waals surface area contributed by atoms with Crippen molar-refractivity contribution in [3.63, 3.8) is 0 Å². The molecule has 24 heavy (non-hydrogen) atoms. The molecule has 0 saturated carbocycles. The highest BCUT2D eigenvalue weighted by atomic mass is 19.1. The van der Waals surface area contributed by atoms with E-state index in [-0.39, 0.29) is 5.91 Å².